The molecule has 1 aromatic rings. The number of hydrogen-bond donors (Lipinski definition) is 2. The Hall–Kier alpha value is -0.390. The van der Waals surface area contributed by atoms with Gasteiger partial charge in [0.25, 0.3) is 0 Å². The van der Waals surface area contributed by atoms with E-state index in [1.165, 1.54) is 4.88 Å². The number of carbonyl (C=O) groups excluding carboxylic acids is 1. The van der Waals surface area contributed by atoms with E-state index >= 15 is 0 Å². The van der Waals surface area contributed by atoms with Crippen molar-refractivity contribution in [1.29, 1.82) is 0 Å². The zero-order valence-corrected chi connectivity index (χ0v) is 11.4. The van der Waals surface area contributed by atoms with Gasteiger partial charge in [-0.2, -0.15) is 0 Å². The summed E-state index contributed by atoms with van der Waals surface area (Å²) in [5.41, 5.74) is 4.61. The van der Waals surface area contributed by atoms with Crippen LogP contribution in [0.2, 0.25) is 0 Å². The van der Waals surface area contributed by atoms with Crippen LogP contribution in [0.4, 0.5) is 0 Å². The summed E-state index contributed by atoms with van der Waals surface area (Å²) in [5.74, 6) is -0.343. The third-order valence-electron chi connectivity index (χ3n) is 2.21. The summed E-state index contributed by atoms with van der Waals surface area (Å²) in [6, 6.07) is 2.16. The summed E-state index contributed by atoms with van der Waals surface area (Å²) >= 11 is 5.05. The van der Waals surface area contributed by atoms with Crippen molar-refractivity contribution in [2.75, 3.05) is 0 Å². The van der Waals surface area contributed by atoms with Gasteiger partial charge in [-0.3, -0.25) is 10.1 Å². The average Bonchev–Trinajstić information content (AvgIpc) is 2.50. The molecule has 1 amide bonds. The molecule has 0 aliphatic heterocycles. The molecule has 84 valence electrons. The molecule has 3 nitrogen and oxygen atoms in total. The summed E-state index contributed by atoms with van der Waals surface area (Å²) < 4.78 is 1.06. The fourth-order valence-electron chi connectivity index (χ4n) is 1.24. The van der Waals surface area contributed by atoms with Crippen LogP contribution in [0.5, 0.6) is 0 Å². The van der Waals surface area contributed by atoms with Crippen molar-refractivity contribution in [3.8, 4) is 0 Å². The molecule has 1 atom stereocenters. The molecule has 0 aliphatic carbocycles. The molecule has 1 aromatic heterocycles. The van der Waals surface area contributed by atoms with Gasteiger partial charge in [0, 0.05) is 20.8 Å². The number of rotatable bonds is 4. The number of nitrogens with one attached hydrogen (secondary N) is 1. The predicted octanol–water partition coefficient (Wildman–Crippen LogP) is 2.43. The van der Waals surface area contributed by atoms with Gasteiger partial charge in [-0.1, -0.05) is 0 Å². The lowest BCUT2D eigenvalue weighted by molar-refractivity contribution is -0.123. The van der Waals surface area contributed by atoms with Gasteiger partial charge >= 0.3 is 0 Å². The van der Waals surface area contributed by atoms with Crippen LogP contribution >= 0.6 is 27.3 Å². The first-order valence-electron chi connectivity index (χ1n) is 4.64. The standard InChI is InChI=1S/C10H15BrN2OS/c1-6(8-4-7(11)5-15-8)13-10(2,3)9(12)14/h4-6,13H,1-3H3,(H2,12,14). The minimum Gasteiger partial charge on any atom is -0.368 e. The molecule has 0 aromatic carbocycles. The molecule has 1 unspecified atom stereocenters. The first kappa shape index (κ1) is 12.7. The second-order valence-corrected chi connectivity index (χ2v) is 5.88. The molecule has 0 spiro atoms. The molecule has 0 saturated carbocycles. The molecule has 5 heteroatoms. The summed E-state index contributed by atoms with van der Waals surface area (Å²) in [5, 5.41) is 5.22. The van der Waals surface area contributed by atoms with E-state index in [-0.39, 0.29) is 11.9 Å². The van der Waals surface area contributed by atoms with Crippen molar-refractivity contribution < 1.29 is 4.79 Å². The second kappa shape index (κ2) is 4.63. The van der Waals surface area contributed by atoms with Crippen LogP contribution in [0.1, 0.15) is 31.7 Å². The molecular formula is C10H15BrN2OS. The number of primary amides is 1. The normalized spacial score (nSPS) is 13.9. The lowest BCUT2D eigenvalue weighted by Gasteiger charge is -2.26. The third-order valence-corrected chi connectivity index (χ3v) is 4.08. The highest BCUT2D eigenvalue weighted by Crippen LogP contribution is 2.26. The molecule has 0 radical (unpaired) electrons. The molecule has 0 saturated heterocycles. The van der Waals surface area contributed by atoms with Crippen molar-refractivity contribution >= 4 is 33.2 Å². The Morgan fingerprint density at radius 3 is 2.67 bits per heavy atom. The molecule has 15 heavy (non-hydrogen) atoms. The lowest BCUT2D eigenvalue weighted by Crippen LogP contribution is -2.51. The highest BCUT2D eigenvalue weighted by molar-refractivity contribution is 9.10. The summed E-state index contributed by atoms with van der Waals surface area (Å²) in [6.45, 7) is 5.59. The molecule has 1 rings (SSSR count). The topological polar surface area (TPSA) is 55.1 Å². The van der Waals surface area contributed by atoms with Gasteiger partial charge in [-0.05, 0) is 42.8 Å². The maximum Gasteiger partial charge on any atom is 0.237 e. The van der Waals surface area contributed by atoms with Crippen LogP contribution in [0, 0.1) is 0 Å². The molecule has 0 aliphatic rings. The second-order valence-electron chi connectivity index (χ2n) is 4.02. The maximum atomic E-state index is 11.1. The molecule has 3 N–H and O–H groups in total. The number of halogens is 1. The Bertz CT molecular complexity index is 362. The largest absolute Gasteiger partial charge is 0.368 e. The van der Waals surface area contributed by atoms with E-state index in [2.05, 4.69) is 21.2 Å². The average molecular weight is 291 g/mol. The zero-order valence-electron chi connectivity index (χ0n) is 9.00. The number of hydrogen-bond acceptors (Lipinski definition) is 3. The molecule has 1 heterocycles. The van der Waals surface area contributed by atoms with Crippen LogP contribution in [-0.4, -0.2) is 11.4 Å². The van der Waals surface area contributed by atoms with Crippen molar-refractivity contribution in [2.45, 2.75) is 32.4 Å². The number of amides is 1. The van der Waals surface area contributed by atoms with Crippen molar-refractivity contribution in [3.63, 3.8) is 0 Å². The van der Waals surface area contributed by atoms with Gasteiger partial charge in [-0.25, -0.2) is 0 Å². The minimum absolute atomic E-state index is 0.115. The van der Waals surface area contributed by atoms with Crippen LogP contribution in [0.15, 0.2) is 15.9 Å². The minimum atomic E-state index is -0.685. The van der Waals surface area contributed by atoms with Crippen molar-refractivity contribution in [2.24, 2.45) is 5.73 Å². The Kier molecular flexibility index (Phi) is 3.92. The molecular weight excluding hydrogens is 276 g/mol. The highest BCUT2D eigenvalue weighted by atomic mass is 79.9. The number of nitrogens with two attached hydrogens (primary N) is 1. The van der Waals surface area contributed by atoms with Crippen LogP contribution in [-0.2, 0) is 4.79 Å². The first-order valence-corrected chi connectivity index (χ1v) is 6.31. The van der Waals surface area contributed by atoms with Gasteiger partial charge in [0.1, 0.15) is 0 Å². The highest BCUT2D eigenvalue weighted by Gasteiger charge is 2.27. The van der Waals surface area contributed by atoms with E-state index in [4.69, 9.17) is 5.73 Å². The van der Waals surface area contributed by atoms with Crippen molar-refractivity contribution in [3.05, 3.63) is 20.8 Å². The first-order chi connectivity index (χ1) is 6.83. The van der Waals surface area contributed by atoms with E-state index in [0.717, 1.165) is 4.47 Å². The van der Waals surface area contributed by atoms with Crippen molar-refractivity contribution in [1.82, 2.24) is 5.32 Å². The fraction of sp³-hybridized carbons (Fsp3) is 0.500. The monoisotopic (exact) mass is 290 g/mol. The van der Waals surface area contributed by atoms with Gasteiger partial charge in [0.15, 0.2) is 0 Å². The van der Waals surface area contributed by atoms with E-state index < -0.39 is 5.54 Å². The van der Waals surface area contributed by atoms with E-state index in [9.17, 15) is 4.79 Å². The SMILES string of the molecule is CC(NC(C)(C)C(N)=O)c1cc(Br)cs1. The summed E-state index contributed by atoms with van der Waals surface area (Å²) in [7, 11) is 0. The van der Waals surface area contributed by atoms with Gasteiger partial charge in [-0.15, -0.1) is 11.3 Å². The Labute approximate surface area is 102 Å². The number of carbonyl (C=O) groups is 1. The Morgan fingerprint density at radius 1 is 1.67 bits per heavy atom. The van der Waals surface area contributed by atoms with E-state index in [1.807, 2.05) is 18.4 Å². The molecule has 0 fully saturated rings. The fourth-order valence-corrected chi connectivity index (χ4v) is 2.69. The summed E-state index contributed by atoms with van der Waals surface area (Å²) in [4.78, 5) is 12.3. The quantitative estimate of drug-likeness (QED) is 0.895. The van der Waals surface area contributed by atoms with Crippen LogP contribution < -0.4 is 11.1 Å². The van der Waals surface area contributed by atoms with Crippen LogP contribution in [0.3, 0.4) is 0 Å². The van der Waals surface area contributed by atoms with E-state index in [0.29, 0.717) is 0 Å². The van der Waals surface area contributed by atoms with Gasteiger partial charge in [0.05, 0.1) is 5.54 Å². The zero-order chi connectivity index (χ0) is 11.6. The number of thiophene rings is 1. The molecule has 0 bridgehead atoms. The predicted molar refractivity (Wildman–Crippen MR) is 66.8 cm³/mol. The Morgan fingerprint density at radius 2 is 2.27 bits per heavy atom. The smallest absolute Gasteiger partial charge is 0.237 e. The van der Waals surface area contributed by atoms with E-state index in [1.54, 1.807) is 25.2 Å². The van der Waals surface area contributed by atoms with Crippen LogP contribution in [0.25, 0.3) is 0 Å². The van der Waals surface area contributed by atoms with Gasteiger partial charge < -0.3 is 5.73 Å². The lowest BCUT2D eigenvalue weighted by atomic mass is 10.0. The Balaban J connectivity index is 2.71. The van der Waals surface area contributed by atoms with Gasteiger partial charge in [0.2, 0.25) is 5.91 Å². The maximum absolute atomic E-state index is 11.1. The third kappa shape index (κ3) is 3.29. The summed E-state index contributed by atoms with van der Waals surface area (Å²) in [6.07, 6.45) is 0.